The minimum Gasteiger partial charge on any atom is -0.495 e. The number of likely N-dealkylation sites (tertiary alicyclic amines) is 1. The van der Waals surface area contributed by atoms with E-state index in [4.69, 9.17) is 14.5 Å². The van der Waals surface area contributed by atoms with Crippen LogP contribution in [-0.2, 0) is 14.3 Å². The van der Waals surface area contributed by atoms with Gasteiger partial charge in [0.15, 0.2) is 5.82 Å². The van der Waals surface area contributed by atoms with Gasteiger partial charge in [-0.2, -0.15) is 4.98 Å². The third-order valence-electron chi connectivity index (χ3n) is 16.1. The van der Waals surface area contributed by atoms with Gasteiger partial charge in [-0.1, -0.05) is 19.8 Å². The van der Waals surface area contributed by atoms with Crippen LogP contribution in [0.15, 0.2) is 36.5 Å². The van der Waals surface area contributed by atoms with Crippen LogP contribution in [0.5, 0.6) is 5.75 Å². The summed E-state index contributed by atoms with van der Waals surface area (Å²) in [6.45, 7) is 5.01. The molecule has 5 N–H and O–H groups in total. The molecule has 1 aromatic heterocycles. The molecule has 354 valence electrons. The first kappa shape index (κ1) is 44.7. The second-order valence-electron chi connectivity index (χ2n) is 19.5. The Hall–Kier alpha value is -5.17. The van der Waals surface area contributed by atoms with E-state index in [9.17, 15) is 24.6 Å². The number of aromatic nitrogens is 2. The fourth-order valence-corrected chi connectivity index (χ4v) is 12.8. The smallest absolute Gasteiger partial charge is 0.251 e. The highest BCUT2D eigenvalue weighted by atomic mass is 19.1. The van der Waals surface area contributed by atoms with Crippen molar-refractivity contribution in [3.05, 3.63) is 59.3 Å². The van der Waals surface area contributed by atoms with Gasteiger partial charge < -0.3 is 50.3 Å². The first-order chi connectivity index (χ1) is 31.9. The summed E-state index contributed by atoms with van der Waals surface area (Å²) in [5.74, 6) is -1.23. The molecule has 5 aliphatic heterocycles. The monoisotopic (exact) mass is 913 g/mol. The number of halogens is 2. The van der Waals surface area contributed by atoms with Crippen molar-refractivity contribution >= 4 is 46.5 Å². The number of piperidine rings is 3. The van der Waals surface area contributed by atoms with E-state index in [0.717, 1.165) is 50.9 Å². The van der Waals surface area contributed by atoms with Gasteiger partial charge in [-0.3, -0.25) is 19.3 Å². The lowest BCUT2D eigenvalue weighted by Crippen LogP contribution is -2.73. The van der Waals surface area contributed by atoms with E-state index in [0.29, 0.717) is 79.8 Å². The predicted octanol–water partition coefficient (Wildman–Crippen LogP) is 4.77. The summed E-state index contributed by atoms with van der Waals surface area (Å²) >= 11 is 0. The van der Waals surface area contributed by atoms with Crippen molar-refractivity contribution < 1.29 is 42.9 Å². The van der Waals surface area contributed by atoms with Crippen LogP contribution < -0.4 is 35.4 Å². The van der Waals surface area contributed by atoms with Crippen LogP contribution in [0.25, 0.3) is 0 Å². The van der Waals surface area contributed by atoms with E-state index in [1.807, 2.05) is 11.8 Å². The number of fused-ring (bicyclic) bond motifs is 2. The number of amides is 3. The maximum atomic E-state index is 15.6. The number of carbonyl (C=O) groups is 3. The maximum absolute atomic E-state index is 15.6. The van der Waals surface area contributed by atoms with Crippen LogP contribution in [0.2, 0.25) is 0 Å². The number of nitrogens with one attached hydrogen (secondary N) is 3. The number of hydrogen-bond acceptors (Lipinski definition) is 13. The van der Waals surface area contributed by atoms with Crippen LogP contribution in [0, 0.1) is 29.4 Å². The summed E-state index contributed by atoms with van der Waals surface area (Å²) in [7, 11) is 3.32. The lowest BCUT2D eigenvalue weighted by molar-refractivity contribution is -0.285. The van der Waals surface area contributed by atoms with E-state index < -0.39 is 35.0 Å². The zero-order valence-corrected chi connectivity index (χ0v) is 37.9. The number of aliphatic hydroxyl groups excluding tert-OH is 2. The number of benzene rings is 2. The Bertz CT molecular complexity index is 2370. The van der Waals surface area contributed by atoms with Gasteiger partial charge in [-0.25, -0.2) is 13.8 Å². The molecule has 6 heterocycles. The van der Waals surface area contributed by atoms with Crippen LogP contribution >= 0.6 is 0 Å². The average Bonchev–Trinajstić information content (AvgIpc) is 4.01. The van der Waals surface area contributed by atoms with Gasteiger partial charge in [-0.15, -0.1) is 0 Å². The van der Waals surface area contributed by atoms with Gasteiger partial charge >= 0.3 is 0 Å². The Morgan fingerprint density at radius 3 is 2.56 bits per heavy atom. The molecule has 1 spiro atoms. The largest absolute Gasteiger partial charge is 0.495 e. The summed E-state index contributed by atoms with van der Waals surface area (Å²) < 4.78 is 43.4. The Balaban J connectivity index is 0.817. The number of anilines is 5. The fraction of sp³-hybridized carbons (Fsp3) is 0.604. The molecule has 18 heteroatoms. The number of aliphatic hydroxyl groups is 2. The number of rotatable bonds is 13. The highest BCUT2D eigenvalue weighted by Gasteiger charge is 2.74. The molecule has 3 aromatic rings. The average molecular weight is 914 g/mol. The predicted molar refractivity (Wildman–Crippen MR) is 242 cm³/mol. The fourth-order valence-electron chi connectivity index (χ4n) is 12.8. The van der Waals surface area contributed by atoms with Crippen LogP contribution in [-0.4, -0.2) is 126 Å². The summed E-state index contributed by atoms with van der Waals surface area (Å²) in [5, 5.41) is 29.9. The number of likely N-dealkylation sites (N-methyl/N-ethyl adjacent to an activating group) is 1. The Morgan fingerprint density at radius 1 is 1.08 bits per heavy atom. The number of nitrogens with zero attached hydrogens (tertiary/aromatic N) is 6. The molecular formula is C48H61F2N9O7. The molecule has 66 heavy (non-hydrogen) atoms. The Kier molecular flexibility index (Phi) is 11.8. The first-order valence-electron chi connectivity index (χ1n) is 23.8. The normalized spacial score (nSPS) is 30.8. The van der Waals surface area contributed by atoms with Crippen molar-refractivity contribution in [2.45, 2.75) is 113 Å². The van der Waals surface area contributed by atoms with Gasteiger partial charge in [0.25, 0.3) is 5.91 Å². The van der Waals surface area contributed by atoms with Gasteiger partial charge in [0.1, 0.15) is 41.1 Å². The van der Waals surface area contributed by atoms with Crippen molar-refractivity contribution in [1.29, 1.82) is 0 Å². The molecule has 8 atom stereocenters. The summed E-state index contributed by atoms with van der Waals surface area (Å²) in [6, 6.07) is 7.82. The lowest BCUT2D eigenvalue weighted by atomic mass is 9.71. The molecule has 16 nitrogen and oxygen atoms in total. The minimum absolute atomic E-state index is 0.0193. The SMILES string of the molecule is CCC1C(=O)N(C)c2cnc(Nc3ccc(C(=O)NC4(CCO)C5CN(C[C@H]6CCCN(c7cc(F)c(C8CCC(=O)NC8O)c(F)c7)C6)C6(C5)OCC46)cc3OC)nc2N1C1CCCC1. The summed E-state index contributed by atoms with van der Waals surface area (Å²) in [6.07, 6.45) is 8.39. The maximum Gasteiger partial charge on any atom is 0.251 e. The number of ether oxygens (including phenoxy) is 2. The van der Waals surface area contributed by atoms with E-state index in [2.05, 4.69) is 30.7 Å². The second kappa shape index (κ2) is 17.5. The van der Waals surface area contributed by atoms with Crippen molar-refractivity contribution in [3.63, 3.8) is 0 Å². The van der Waals surface area contributed by atoms with Crippen molar-refractivity contribution in [2.75, 3.05) is 73.6 Å². The second-order valence-corrected chi connectivity index (χ2v) is 19.5. The molecule has 7 aliphatic rings. The molecule has 10 rings (SSSR count). The molecule has 7 unspecified atom stereocenters. The Labute approximate surface area is 383 Å². The van der Waals surface area contributed by atoms with E-state index >= 15 is 8.78 Å². The van der Waals surface area contributed by atoms with Crippen LogP contribution in [0.1, 0.15) is 99.4 Å². The standard InChI is InChI=1S/C48H61F2N9O7/c1-4-36-45(64)56(2)37-22-51-46(54-42(37)59(36)30-9-5-6-10-30)52-35-13-11-28(18-38(35)65-3)43(62)55-47(15-17-60)29-21-48(39(47)26-66-48)58(25-29)24-27-8-7-16-57(23-27)31-19-33(49)41(34(50)20-31)32-12-14-40(61)53-44(32)63/h11,13,18-20,22,27,29-30,32,36,39,44,60,63H,4-10,12,14-17,21,23-26H2,1-3H3,(H,53,61)(H,55,62)(H,51,52,54)/t27-,29?,32?,36?,39?,44?,47?,48?/m0/s1. The molecule has 2 bridgehead atoms. The molecule has 6 fully saturated rings. The molecule has 4 saturated heterocycles. The van der Waals surface area contributed by atoms with Crippen molar-refractivity contribution in [1.82, 2.24) is 25.5 Å². The van der Waals surface area contributed by atoms with Crippen LogP contribution in [0.4, 0.5) is 37.6 Å². The third-order valence-corrected chi connectivity index (χ3v) is 16.1. The number of carbonyl (C=O) groups excluding carboxylic acids is 3. The molecule has 2 saturated carbocycles. The molecular weight excluding hydrogens is 853 g/mol. The topological polar surface area (TPSA) is 185 Å². The number of methoxy groups -OCH3 is 1. The van der Waals surface area contributed by atoms with Gasteiger partial charge in [-0.05, 0) is 93.5 Å². The van der Waals surface area contributed by atoms with E-state index in [-0.39, 0.29) is 72.6 Å². The third kappa shape index (κ3) is 7.42. The highest BCUT2D eigenvalue weighted by Crippen LogP contribution is 2.63. The molecule has 2 aromatic carbocycles. The van der Waals surface area contributed by atoms with E-state index in [1.54, 1.807) is 43.5 Å². The summed E-state index contributed by atoms with van der Waals surface area (Å²) in [5.41, 5.74) is 0.620. The lowest BCUT2D eigenvalue weighted by Gasteiger charge is -2.59. The van der Waals surface area contributed by atoms with Crippen molar-refractivity contribution in [3.8, 4) is 5.75 Å². The quantitative estimate of drug-likeness (QED) is 0.158. The summed E-state index contributed by atoms with van der Waals surface area (Å²) in [4.78, 5) is 57.2. The van der Waals surface area contributed by atoms with Gasteiger partial charge in [0.2, 0.25) is 17.8 Å². The zero-order chi connectivity index (χ0) is 46.1. The van der Waals surface area contributed by atoms with E-state index in [1.165, 1.54) is 12.1 Å². The number of hydrogen-bond donors (Lipinski definition) is 5. The molecule has 0 radical (unpaired) electrons. The Morgan fingerprint density at radius 2 is 1.86 bits per heavy atom. The van der Waals surface area contributed by atoms with Gasteiger partial charge in [0, 0.05) is 80.9 Å². The van der Waals surface area contributed by atoms with Gasteiger partial charge in [0.05, 0.1) is 31.1 Å². The van der Waals surface area contributed by atoms with Crippen LogP contribution in [0.3, 0.4) is 0 Å². The molecule has 3 amide bonds. The first-order valence-corrected chi connectivity index (χ1v) is 23.8. The molecule has 2 aliphatic carbocycles. The minimum atomic E-state index is -1.35. The van der Waals surface area contributed by atoms with Crippen molar-refractivity contribution in [2.24, 2.45) is 17.8 Å². The highest BCUT2D eigenvalue weighted by molar-refractivity contribution is 6.04. The zero-order valence-electron chi connectivity index (χ0n) is 37.9.